The summed E-state index contributed by atoms with van der Waals surface area (Å²) in [5.74, 6) is -0.233. The van der Waals surface area contributed by atoms with E-state index in [1.807, 2.05) is 6.07 Å². The van der Waals surface area contributed by atoms with E-state index in [0.717, 1.165) is 10.2 Å². The van der Waals surface area contributed by atoms with E-state index in [-0.39, 0.29) is 5.91 Å². The zero-order valence-electron chi connectivity index (χ0n) is 10.3. The number of amides is 1. The number of thiazole rings is 1. The number of fused-ring (bicyclic) bond motifs is 1. The van der Waals surface area contributed by atoms with Crippen molar-refractivity contribution >= 4 is 33.1 Å². The van der Waals surface area contributed by atoms with Crippen LogP contribution in [0, 0.1) is 11.3 Å². The monoisotopic (exact) mass is 279 g/mol. The third-order valence-corrected chi connectivity index (χ3v) is 3.68. The number of carbonyl (C=O) groups is 1. The van der Waals surface area contributed by atoms with Crippen LogP contribution in [0.3, 0.4) is 0 Å². The Bertz CT molecular complexity index is 832. The van der Waals surface area contributed by atoms with Crippen LogP contribution in [0.4, 0.5) is 5.69 Å². The highest BCUT2D eigenvalue weighted by Gasteiger charge is 2.10. The van der Waals surface area contributed by atoms with Crippen LogP contribution in [0.1, 0.15) is 15.9 Å². The average molecular weight is 279 g/mol. The standard InChI is InChI=1S/C15H9N3OS/c16-8-11-3-1-2-4-12(11)18-15(19)10-5-6-13-14(7-10)20-9-17-13/h1-7,9H,(H,18,19). The molecule has 2 aromatic carbocycles. The van der Waals surface area contributed by atoms with Gasteiger partial charge < -0.3 is 5.32 Å². The minimum atomic E-state index is -0.233. The molecular formula is C15H9N3OS. The molecule has 0 bridgehead atoms. The molecule has 0 fully saturated rings. The Kier molecular flexibility index (Phi) is 3.15. The molecule has 1 aromatic heterocycles. The fourth-order valence-electron chi connectivity index (χ4n) is 1.88. The number of rotatable bonds is 2. The average Bonchev–Trinajstić information content (AvgIpc) is 2.95. The molecule has 0 radical (unpaired) electrons. The summed E-state index contributed by atoms with van der Waals surface area (Å²) in [6.45, 7) is 0. The minimum absolute atomic E-state index is 0.233. The second-order valence-electron chi connectivity index (χ2n) is 4.15. The molecule has 0 aliphatic carbocycles. The first kappa shape index (κ1) is 12.3. The minimum Gasteiger partial charge on any atom is -0.321 e. The maximum absolute atomic E-state index is 12.2. The van der Waals surface area contributed by atoms with Gasteiger partial charge in [0.05, 0.1) is 27.0 Å². The number of nitrogens with one attached hydrogen (secondary N) is 1. The van der Waals surface area contributed by atoms with Gasteiger partial charge >= 0.3 is 0 Å². The van der Waals surface area contributed by atoms with Crippen molar-refractivity contribution in [1.29, 1.82) is 5.26 Å². The summed E-state index contributed by atoms with van der Waals surface area (Å²) >= 11 is 1.49. The van der Waals surface area contributed by atoms with Crippen LogP contribution < -0.4 is 5.32 Å². The van der Waals surface area contributed by atoms with Gasteiger partial charge in [0.2, 0.25) is 0 Å². The molecule has 0 saturated heterocycles. The number of para-hydroxylation sites is 1. The summed E-state index contributed by atoms with van der Waals surface area (Å²) in [6.07, 6.45) is 0. The van der Waals surface area contributed by atoms with Gasteiger partial charge in [-0.1, -0.05) is 12.1 Å². The number of aromatic nitrogens is 1. The molecule has 1 amide bonds. The third kappa shape index (κ3) is 2.25. The van der Waals surface area contributed by atoms with Crippen molar-refractivity contribution in [3.05, 3.63) is 59.1 Å². The highest BCUT2D eigenvalue weighted by atomic mass is 32.1. The van der Waals surface area contributed by atoms with Crippen molar-refractivity contribution in [1.82, 2.24) is 4.98 Å². The Morgan fingerprint density at radius 1 is 1.25 bits per heavy atom. The van der Waals surface area contributed by atoms with Crippen LogP contribution in [0.2, 0.25) is 0 Å². The lowest BCUT2D eigenvalue weighted by molar-refractivity contribution is 0.102. The summed E-state index contributed by atoms with van der Waals surface area (Å²) in [7, 11) is 0. The Hall–Kier alpha value is -2.71. The first-order chi connectivity index (χ1) is 9.78. The maximum atomic E-state index is 12.2. The fourth-order valence-corrected chi connectivity index (χ4v) is 2.60. The molecule has 4 nitrogen and oxygen atoms in total. The van der Waals surface area contributed by atoms with Crippen molar-refractivity contribution in [2.45, 2.75) is 0 Å². The Balaban J connectivity index is 1.91. The summed E-state index contributed by atoms with van der Waals surface area (Å²) in [4.78, 5) is 16.4. The van der Waals surface area contributed by atoms with Gasteiger partial charge in [-0.3, -0.25) is 4.79 Å². The third-order valence-electron chi connectivity index (χ3n) is 2.89. The SMILES string of the molecule is N#Cc1ccccc1NC(=O)c1ccc2ncsc2c1. The molecule has 0 aliphatic heterocycles. The van der Waals surface area contributed by atoms with E-state index in [9.17, 15) is 4.79 Å². The van der Waals surface area contributed by atoms with E-state index in [0.29, 0.717) is 16.8 Å². The largest absolute Gasteiger partial charge is 0.321 e. The molecule has 0 saturated carbocycles. The number of carbonyl (C=O) groups excluding carboxylic acids is 1. The van der Waals surface area contributed by atoms with Crippen LogP contribution >= 0.6 is 11.3 Å². The van der Waals surface area contributed by atoms with Crippen molar-refractivity contribution < 1.29 is 4.79 Å². The highest BCUT2D eigenvalue weighted by molar-refractivity contribution is 7.16. The Labute approximate surface area is 119 Å². The quantitative estimate of drug-likeness (QED) is 0.781. The number of anilines is 1. The van der Waals surface area contributed by atoms with Gasteiger partial charge in [-0.25, -0.2) is 4.98 Å². The van der Waals surface area contributed by atoms with Crippen LogP contribution in [0.5, 0.6) is 0 Å². The van der Waals surface area contributed by atoms with Crippen LogP contribution in [-0.4, -0.2) is 10.9 Å². The van der Waals surface area contributed by atoms with E-state index < -0.39 is 0 Å². The summed E-state index contributed by atoms with van der Waals surface area (Å²) in [5, 5.41) is 11.8. The summed E-state index contributed by atoms with van der Waals surface area (Å²) in [5.41, 5.74) is 4.14. The lowest BCUT2D eigenvalue weighted by Gasteiger charge is -2.06. The van der Waals surface area contributed by atoms with Crippen molar-refractivity contribution in [2.24, 2.45) is 0 Å². The van der Waals surface area contributed by atoms with E-state index in [1.54, 1.807) is 41.9 Å². The van der Waals surface area contributed by atoms with E-state index in [1.165, 1.54) is 11.3 Å². The molecule has 3 rings (SSSR count). The molecule has 96 valence electrons. The van der Waals surface area contributed by atoms with Gasteiger partial charge in [0.25, 0.3) is 5.91 Å². The van der Waals surface area contributed by atoms with Gasteiger partial charge in [-0.2, -0.15) is 5.26 Å². The van der Waals surface area contributed by atoms with Crippen LogP contribution in [-0.2, 0) is 0 Å². The number of nitrogens with zero attached hydrogens (tertiary/aromatic N) is 2. The zero-order valence-corrected chi connectivity index (χ0v) is 11.1. The predicted octanol–water partition coefficient (Wildman–Crippen LogP) is 3.42. The maximum Gasteiger partial charge on any atom is 0.255 e. The second-order valence-corrected chi connectivity index (χ2v) is 5.03. The van der Waals surface area contributed by atoms with Gasteiger partial charge in [-0.15, -0.1) is 11.3 Å². The molecule has 1 heterocycles. The van der Waals surface area contributed by atoms with Crippen LogP contribution in [0.15, 0.2) is 48.0 Å². The molecule has 0 spiro atoms. The van der Waals surface area contributed by atoms with Gasteiger partial charge in [0.15, 0.2) is 0 Å². The number of benzene rings is 2. The fraction of sp³-hybridized carbons (Fsp3) is 0. The molecular weight excluding hydrogens is 270 g/mol. The smallest absolute Gasteiger partial charge is 0.255 e. The molecule has 5 heteroatoms. The number of hydrogen-bond acceptors (Lipinski definition) is 4. The highest BCUT2D eigenvalue weighted by Crippen LogP contribution is 2.20. The molecule has 0 aliphatic rings. The van der Waals surface area contributed by atoms with Crippen molar-refractivity contribution in [3.63, 3.8) is 0 Å². The molecule has 0 atom stereocenters. The topological polar surface area (TPSA) is 65.8 Å². The molecule has 3 aromatic rings. The van der Waals surface area contributed by atoms with Gasteiger partial charge in [-0.05, 0) is 30.3 Å². The van der Waals surface area contributed by atoms with E-state index in [4.69, 9.17) is 5.26 Å². The first-order valence-electron chi connectivity index (χ1n) is 5.91. The molecule has 20 heavy (non-hydrogen) atoms. The number of hydrogen-bond donors (Lipinski definition) is 1. The van der Waals surface area contributed by atoms with Crippen molar-refractivity contribution in [3.8, 4) is 6.07 Å². The normalized spacial score (nSPS) is 10.2. The van der Waals surface area contributed by atoms with E-state index in [2.05, 4.69) is 16.4 Å². The Morgan fingerprint density at radius 2 is 2.10 bits per heavy atom. The lowest BCUT2D eigenvalue weighted by atomic mass is 10.1. The summed E-state index contributed by atoms with van der Waals surface area (Å²) < 4.78 is 0.964. The first-order valence-corrected chi connectivity index (χ1v) is 6.79. The van der Waals surface area contributed by atoms with Gasteiger partial charge in [0.1, 0.15) is 6.07 Å². The van der Waals surface area contributed by atoms with Crippen LogP contribution in [0.25, 0.3) is 10.2 Å². The number of nitriles is 1. The second kappa shape index (κ2) is 5.11. The summed E-state index contributed by atoms with van der Waals surface area (Å²) in [6, 6.07) is 14.3. The molecule has 1 N–H and O–H groups in total. The van der Waals surface area contributed by atoms with E-state index >= 15 is 0 Å². The van der Waals surface area contributed by atoms with Gasteiger partial charge in [0, 0.05) is 5.56 Å². The molecule has 0 unspecified atom stereocenters. The van der Waals surface area contributed by atoms with Crippen molar-refractivity contribution in [2.75, 3.05) is 5.32 Å². The zero-order chi connectivity index (χ0) is 13.9. The lowest BCUT2D eigenvalue weighted by Crippen LogP contribution is -2.12. The predicted molar refractivity (Wildman–Crippen MR) is 78.7 cm³/mol. The Morgan fingerprint density at radius 3 is 2.95 bits per heavy atom.